The van der Waals surface area contributed by atoms with E-state index in [2.05, 4.69) is 40.7 Å². The van der Waals surface area contributed by atoms with E-state index in [0.717, 1.165) is 56.5 Å². The summed E-state index contributed by atoms with van der Waals surface area (Å²) in [5.74, 6) is 2.29. The van der Waals surface area contributed by atoms with Crippen LogP contribution in [0.4, 0.5) is 0 Å². The van der Waals surface area contributed by atoms with Gasteiger partial charge >= 0.3 is 0 Å². The second-order valence-corrected chi connectivity index (χ2v) is 8.88. The van der Waals surface area contributed by atoms with Crippen LogP contribution in [-0.2, 0) is 16.0 Å². The minimum Gasteiger partial charge on any atom is -0.493 e. The Labute approximate surface area is 181 Å². The van der Waals surface area contributed by atoms with E-state index < -0.39 is 0 Å². The summed E-state index contributed by atoms with van der Waals surface area (Å²) in [5.41, 5.74) is 2.69. The van der Waals surface area contributed by atoms with E-state index in [1.54, 1.807) is 7.11 Å². The smallest absolute Gasteiger partial charge is 0.191 e. The normalized spacial score (nSPS) is 21.0. The molecule has 1 saturated heterocycles. The number of ether oxygens (including phenoxy) is 3. The Bertz CT molecular complexity index is 680. The summed E-state index contributed by atoms with van der Waals surface area (Å²) in [6.07, 6.45) is 7.35. The Morgan fingerprint density at radius 3 is 2.80 bits per heavy atom. The highest BCUT2D eigenvalue weighted by Gasteiger charge is 2.33. The maximum atomic E-state index is 6.18. The molecule has 1 aromatic carbocycles. The maximum Gasteiger partial charge on any atom is 0.191 e. The summed E-state index contributed by atoms with van der Waals surface area (Å²) in [6.45, 7) is 6.92. The highest BCUT2D eigenvalue weighted by Crippen LogP contribution is 2.40. The fourth-order valence-electron chi connectivity index (χ4n) is 4.49. The SMILES string of the molecule is CN=C(NCc1ccc(C)cc1OCC1CCOC1)NCC1(CCOC)CCCC1. The van der Waals surface area contributed by atoms with Gasteiger partial charge in [0, 0.05) is 51.9 Å². The zero-order valence-electron chi connectivity index (χ0n) is 19.0. The van der Waals surface area contributed by atoms with E-state index in [1.165, 1.54) is 31.2 Å². The Morgan fingerprint density at radius 1 is 1.27 bits per heavy atom. The molecule has 3 rings (SSSR count). The van der Waals surface area contributed by atoms with Gasteiger partial charge < -0.3 is 24.8 Å². The lowest BCUT2D eigenvalue weighted by Crippen LogP contribution is -2.43. The number of guanidine groups is 1. The topological polar surface area (TPSA) is 64.1 Å². The number of methoxy groups -OCH3 is 1. The van der Waals surface area contributed by atoms with Crippen molar-refractivity contribution in [2.45, 2.75) is 52.0 Å². The minimum atomic E-state index is 0.328. The first-order valence-electron chi connectivity index (χ1n) is 11.4. The van der Waals surface area contributed by atoms with Crippen molar-refractivity contribution in [2.24, 2.45) is 16.3 Å². The number of nitrogens with one attached hydrogen (secondary N) is 2. The van der Waals surface area contributed by atoms with Gasteiger partial charge in [-0.1, -0.05) is 25.0 Å². The Kier molecular flexibility index (Phi) is 8.82. The molecule has 1 saturated carbocycles. The van der Waals surface area contributed by atoms with Crippen LogP contribution in [-0.4, -0.2) is 53.1 Å². The average molecular weight is 418 g/mol. The van der Waals surface area contributed by atoms with Crippen molar-refractivity contribution in [3.8, 4) is 5.75 Å². The highest BCUT2D eigenvalue weighted by atomic mass is 16.5. The molecular weight excluding hydrogens is 378 g/mol. The van der Waals surface area contributed by atoms with Crippen LogP contribution in [0.2, 0.25) is 0 Å². The summed E-state index contributed by atoms with van der Waals surface area (Å²) in [5, 5.41) is 7.04. The van der Waals surface area contributed by atoms with Gasteiger partial charge in [0.1, 0.15) is 5.75 Å². The molecule has 2 aliphatic rings. The highest BCUT2D eigenvalue weighted by molar-refractivity contribution is 5.79. The lowest BCUT2D eigenvalue weighted by atomic mass is 9.83. The molecule has 0 spiro atoms. The molecule has 1 heterocycles. The first-order chi connectivity index (χ1) is 14.6. The fraction of sp³-hybridized carbons (Fsp3) is 0.708. The molecule has 6 nitrogen and oxygen atoms in total. The van der Waals surface area contributed by atoms with Crippen LogP contribution in [0.15, 0.2) is 23.2 Å². The maximum absolute atomic E-state index is 6.18. The van der Waals surface area contributed by atoms with E-state index in [4.69, 9.17) is 14.2 Å². The zero-order valence-corrected chi connectivity index (χ0v) is 19.0. The molecule has 1 unspecified atom stereocenters. The van der Waals surface area contributed by atoms with E-state index >= 15 is 0 Å². The number of rotatable bonds is 10. The lowest BCUT2D eigenvalue weighted by Gasteiger charge is -2.30. The van der Waals surface area contributed by atoms with Crippen molar-refractivity contribution in [3.63, 3.8) is 0 Å². The summed E-state index contributed by atoms with van der Waals surface area (Å²) in [6, 6.07) is 6.41. The molecule has 30 heavy (non-hydrogen) atoms. The first-order valence-corrected chi connectivity index (χ1v) is 11.4. The van der Waals surface area contributed by atoms with Crippen LogP contribution in [0.25, 0.3) is 0 Å². The Balaban J connectivity index is 1.53. The Morgan fingerprint density at radius 2 is 2.10 bits per heavy atom. The standard InChI is InChI=1S/C24H39N3O3/c1-19-6-7-21(22(14-19)30-17-20-8-12-29-16-20)15-26-23(25-2)27-18-24(11-13-28-3)9-4-5-10-24/h6-7,14,20H,4-5,8-13,15-18H2,1-3H3,(H2,25,26,27). The molecule has 1 atom stereocenters. The number of aliphatic imine (C=N–C) groups is 1. The quantitative estimate of drug-likeness (QED) is 0.449. The second-order valence-electron chi connectivity index (χ2n) is 8.88. The van der Waals surface area contributed by atoms with E-state index in [9.17, 15) is 0 Å². The Hall–Kier alpha value is -1.79. The van der Waals surface area contributed by atoms with Gasteiger partial charge in [0.15, 0.2) is 5.96 Å². The largest absolute Gasteiger partial charge is 0.493 e. The van der Waals surface area contributed by atoms with E-state index in [0.29, 0.717) is 24.5 Å². The van der Waals surface area contributed by atoms with Crippen molar-refractivity contribution in [3.05, 3.63) is 29.3 Å². The van der Waals surface area contributed by atoms with Gasteiger partial charge in [0.2, 0.25) is 0 Å². The third-order valence-corrected chi connectivity index (χ3v) is 6.52. The van der Waals surface area contributed by atoms with Crippen LogP contribution < -0.4 is 15.4 Å². The van der Waals surface area contributed by atoms with E-state index in [-0.39, 0.29) is 0 Å². The zero-order chi connectivity index (χ0) is 21.2. The molecule has 6 heteroatoms. The molecule has 2 N–H and O–H groups in total. The molecule has 2 fully saturated rings. The summed E-state index contributed by atoms with van der Waals surface area (Å²) >= 11 is 0. The van der Waals surface area contributed by atoms with E-state index in [1.807, 2.05) is 7.05 Å². The van der Waals surface area contributed by atoms with Gasteiger partial charge in [-0.3, -0.25) is 4.99 Å². The molecule has 1 aliphatic heterocycles. The molecule has 168 valence electrons. The summed E-state index contributed by atoms with van der Waals surface area (Å²) < 4.78 is 17.0. The molecule has 0 aromatic heterocycles. The number of nitrogens with zero attached hydrogens (tertiary/aromatic N) is 1. The molecule has 0 radical (unpaired) electrons. The molecule has 0 bridgehead atoms. The predicted molar refractivity (Wildman–Crippen MR) is 121 cm³/mol. The average Bonchev–Trinajstić information content (AvgIpc) is 3.44. The lowest BCUT2D eigenvalue weighted by molar-refractivity contribution is 0.138. The van der Waals surface area contributed by atoms with Crippen molar-refractivity contribution < 1.29 is 14.2 Å². The third-order valence-electron chi connectivity index (χ3n) is 6.52. The third kappa shape index (κ3) is 6.61. The van der Waals surface area contributed by atoms with Crippen LogP contribution in [0, 0.1) is 18.3 Å². The van der Waals surface area contributed by atoms with Gasteiger partial charge in [-0.25, -0.2) is 0 Å². The van der Waals surface area contributed by atoms with Crippen LogP contribution in [0.5, 0.6) is 5.75 Å². The molecule has 0 amide bonds. The van der Waals surface area contributed by atoms with Crippen LogP contribution in [0.3, 0.4) is 0 Å². The summed E-state index contributed by atoms with van der Waals surface area (Å²) in [4.78, 5) is 4.44. The summed E-state index contributed by atoms with van der Waals surface area (Å²) in [7, 11) is 3.62. The van der Waals surface area contributed by atoms with Crippen molar-refractivity contribution in [1.29, 1.82) is 0 Å². The molecular formula is C24H39N3O3. The van der Waals surface area contributed by atoms with Gasteiger partial charge in [0.05, 0.1) is 13.2 Å². The number of aryl methyl sites for hydroxylation is 1. The minimum absolute atomic E-state index is 0.328. The van der Waals surface area contributed by atoms with Gasteiger partial charge in [-0.2, -0.15) is 0 Å². The monoisotopic (exact) mass is 417 g/mol. The number of hydrogen-bond acceptors (Lipinski definition) is 4. The fourth-order valence-corrected chi connectivity index (χ4v) is 4.49. The van der Waals surface area contributed by atoms with Gasteiger partial charge in [0.25, 0.3) is 0 Å². The van der Waals surface area contributed by atoms with Crippen molar-refractivity contribution in [2.75, 3.05) is 47.1 Å². The van der Waals surface area contributed by atoms with Crippen LogP contribution >= 0.6 is 0 Å². The second kappa shape index (κ2) is 11.6. The first kappa shape index (κ1) is 22.9. The van der Waals surface area contributed by atoms with Crippen LogP contribution in [0.1, 0.15) is 49.7 Å². The van der Waals surface area contributed by atoms with Gasteiger partial charge in [-0.05, 0) is 49.7 Å². The van der Waals surface area contributed by atoms with Gasteiger partial charge in [-0.15, -0.1) is 0 Å². The van der Waals surface area contributed by atoms with Crippen molar-refractivity contribution in [1.82, 2.24) is 10.6 Å². The predicted octanol–water partition coefficient (Wildman–Crippen LogP) is 3.67. The number of hydrogen-bond donors (Lipinski definition) is 2. The molecule has 1 aromatic rings. The molecule has 1 aliphatic carbocycles. The van der Waals surface area contributed by atoms with Crippen molar-refractivity contribution >= 4 is 5.96 Å². The number of benzene rings is 1.